The Morgan fingerprint density at radius 3 is 2.68 bits per heavy atom. The third-order valence-electron chi connectivity index (χ3n) is 2.55. The van der Waals surface area contributed by atoms with Crippen LogP contribution in [0.4, 0.5) is 0 Å². The van der Waals surface area contributed by atoms with Gasteiger partial charge in [-0.1, -0.05) is 34.1 Å². The maximum absolute atomic E-state index is 11.8. The topological polar surface area (TPSA) is 75.6 Å². The van der Waals surface area contributed by atoms with E-state index in [9.17, 15) is 9.59 Å². The number of benzene rings is 1. The minimum absolute atomic E-state index is 0.137. The number of nitrogens with one attached hydrogen (secondary N) is 1. The fraction of sp³-hybridized carbons (Fsp3) is 0.385. The molecule has 1 rings (SSSR count). The Kier molecular flexibility index (Phi) is 6.52. The van der Waals surface area contributed by atoms with Gasteiger partial charge in [-0.2, -0.15) is 0 Å². The van der Waals surface area contributed by atoms with E-state index in [4.69, 9.17) is 9.84 Å². The summed E-state index contributed by atoms with van der Waals surface area (Å²) in [5.41, 5.74) is 0.816. The fourth-order valence-corrected chi connectivity index (χ4v) is 1.98. The van der Waals surface area contributed by atoms with E-state index in [1.54, 1.807) is 0 Å². The van der Waals surface area contributed by atoms with Gasteiger partial charge in [0.1, 0.15) is 6.04 Å². The molecule has 19 heavy (non-hydrogen) atoms. The van der Waals surface area contributed by atoms with Crippen molar-refractivity contribution in [1.82, 2.24) is 5.32 Å². The molecule has 0 bridgehead atoms. The van der Waals surface area contributed by atoms with E-state index < -0.39 is 12.0 Å². The highest BCUT2D eigenvalue weighted by atomic mass is 79.9. The summed E-state index contributed by atoms with van der Waals surface area (Å²) in [5.74, 6) is -1.38. The number of carboxylic acid groups (broad SMARTS) is 1. The van der Waals surface area contributed by atoms with Gasteiger partial charge in [0, 0.05) is 24.6 Å². The molecule has 1 unspecified atom stereocenters. The van der Waals surface area contributed by atoms with Crippen LogP contribution in [0.25, 0.3) is 0 Å². The Balaban J connectivity index is 2.58. The number of methoxy groups -OCH3 is 1. The third kappa shape index (κ3) is 5.40. The van der Waals surface area contributed by atoms with Gasteiger partial charge in [-0.05, 0) is 11.6 Å². The van der Waals surface area contributed by atoms with Crippen LogP contribution in [-0.2, 0) is 20.7 Å². The van der Waals surface area contributed by atoms with Gasteiger partial charge in [-0.15, -0.1) is 0 Å². The molecule has 0 saturated heterocycles. The van der Waals surface area contributed by atoms with Crippen LogP contribution in [0.3, 0.4) is 0 Å². The maximum atomic E-state index is 11.8. The van der Waals surface area contributed by atoms with Crippen LogP contribution in [0.2, 0.25) is 0 Å². The van der Waals surface area contributed by atoms with Crippen LogP contribution in [0.1, 0.15) is 12.0 Å². The molecule has 0 spiro atoms. The summed E-state index contributed by atoms with van der Waals surface area (Å²) in [6.07, 6.45) is 0.381. The monoisotopic (exact) mass is 329 g/mol. The molecule has 0 saturated carbocycles. The van der Waals surface area contributed by atoms with Crippen LogP contribution in [0.15, 0.2) is 28.7 Å². The first-order valence-electron chi connectivity index (χ1n) is 5.79. The number of halogens is 1. The summed E-state index contributed by atoms with van der Waals surface area (Å²) in [6, 6.07) is 6.41. The average molecular weight is 330 g/mol. The molecule has 0 radical (unpaired) electrons. The van der Waals surface area contributed by atoms with Crippen LogP contribution in [0, 0.1) is 0 Å². The van der Waals surface area contributed by atoms with Gasteiger partial charge in [-0.3, -0.25) is 4.79 Å². The molecule has 0 aliphatic carbocycles. The van der Waals surface area contributed by atoms with Gasteiger partial charge in [0.2, 0.25) is 5.91 Å². The number of aliphatic carboxylic acids is 1. The molecule has 0 aliphatic heterocycles. The first-order chi connectivity index (χ1) is 9.04. The van der Waals surface area contributed by atoms with Gasteiger partial charge < -0.3 is 15.2 Å². The Morgan fingerprint density at radius 1 is 1.42 bits per heavy atom. The Bertz CT molecular complexity index is 450. The minimum atomic E-state index is -1.06. The van der Waals surface area contributed by atoms with Crippen molar-refractivity contribution in [3.05, 3.63) is 34.3 Å². The Hall–Kier alpha value is -1.40. The van der Waals surface area contributed by atoms with E-state index in [0.717, 1.165) is 10.0 Å². The van der Waals surface area contributed by atoms with Crippen LogP contribution < -0.4 is 5.32 Å². The molecule has 0 aliphatic rings. The zero-order chi connectivity index (χ0) is 14.3. The molecule has 0 aromatic heterocycles. The van der Waals surface area contributed by atoms with E-state index in [2.05, 4.69) is 21.2 Å². The quantitative estimate of drug-likeness (QED) is 0.796. The molecule has 6 heteroatoms. The van der Waals surface area contributed by atoms with Crippen LogP contribution >= 0.6 is 15.9 Å². The van der Waals surface area contributed by atoms with E-state index >= 15 is 0 Å². The largest absolute Gasteiger partial charge is 0.480 e. The second-order valence-electron chi connectivity index (χ2n) is 4.01. The van der Waals surface area contributed by atoms with Crippen molar-refractivity contribution in [2.45, 2.75) is 18.9 Å². The normalized spacial score (nSPS) is 11.9. The Labute approximate surface area is 120 Å². The number of amides is 1. The maximum Gasteiger partial charge on any atom is 0.326 e. The standard InChI is InChI=1S/C13H16BrNO4/c1-19-7-6-11(13(17)18)15-12(16)8-9-4-2-3-5-10(9)14/h2-5,11H,6-8H2,1H3,(H,15,16)(H,17,18). The van der Waals surface area contributed by atoms with Crippen LogP contribution in [-0.4, -0.2) is 36.7 Å². The predicted molar refractivity (Wildman–Crippen MR) is 73.9 cm³/mol. The lowest BCUT2D eigenvalue weighted by Gasteiger charge is -2.14. The lowest BCUT2D eigenvalue weighted by atomic mass is 10.1. The lowest BCUT2D eigenvalue weighted by molar-refractivity contribution is -0.142. The van der Waals surface area contributed by atoms with E-state index in [-0.39, 0.29) is 25.4 Å². The van der Waals surface area contributed by atoms with Crippen molar-refractivity contribution < 1.29 is 19.4 Å². The first-order valence-corrected chi connectivity index (χ1v) is 6.58. The van der Waals surface area contributed by atoms with Crippen molar-refractivity contribution in [3.63, 3.8) is 0 Å². The fourth-order valence-electron chi connectivity index (χ4n) is 1.55. The van der Waals surface area contributed by atoms with E-state index in [0.29, 0.717) is 0 Å². The molecule has 1 atom stereocenters. The molecule has 1 aromatic rings. The molecule has 0 heterocycles. The minimum Gasteiger partial charge on any atom is -0.480 e. The van der Waals surface area contributed by atoms with E-state index in [1.807, 2.05) is 24.3 Å². The molecule has 1 aromatic carbocycles. The molecule has 2 N–H and O–H groups in total. The number of hydrogen-bond donors (Lipinski definition) is 2. The highest BCUT2D eigenvalue weighted by molar-refractivity contribution is 9.10. The number of carbonyl (C=O) groups excluding carboxylic acids is 1. The summed E-state index contributed by atoms with van der Waals surface area (Å²) in [4.78, 5) is 22.8. The van der Waals surface area contributed by atoms with Crippen molar-refractivity contribution in [2.75, 3.05) is 13.7 Å². The molecule has 5 nitrogen and oxygen atoms in total. The van der Waals surface area contributed by atoms with Crippen molar-refractivity contribution in [1.29, 1.82) is 0 Å². The molecular formula is C13H16BrNO4. The smallest absolute Gasteiger partial charge is 0.326 e. The highest BCUT2D eigenvalue weighted by Crippen LogP contribution is 2.16. The molecule has 1 amide bonds. The zero-order valence-corrected chi connectivity index (χ0v) is 12.1. The number of carboxylic acids is 1. The lowest BCUT2D eigenvalue weighted by Crippen LogP contribution is -2.42. The Morgan fingerprint density at radius 2 is 2.11 bits per heavy atom. The summed E-state index contributed by atoms with van der Waals surface area (Å²) in [6.45, 7) is 0.284. The van der Waals surface area contributed by atoms with Gasteiger partial charge in [0.05, 0.1) is 6.42 Å². The van der Waals surface area contributed by atoms with Gasteiger partial charge in [0.25, 0.3) is 0 Å². The second-order valence-corrected chi connectivity index (χ2v) is 4.86. The first kappa shape index (κ1) is 15.7. The van der Waals surface area contributed by atoms with Gasteiger partial charge in [-0.25, -0.2) is 4.79 Å². The number of carbonyl (C=O) groups is 2. The molecule has 104 valence electrons. The number of hydrogen-bond acceptors (Lipinski definition) is 3. The SMILES string of the molecule is COCCC(NC(=O)Cc1ccccc1Br)C(=O)O. The second kappa shape index (κ2) is 7.91. The summed E-state index contributed by atoms with van der Waals surface area (Å²) < 4.78 is 5.65. The van der Waals surface area contributed by atoms with Crippen LogP contribution in [0.5, 0.6) is 0 Å². The predicted octanol–water partition coefficient (Wildman–Crippen LogP) is 1.60. The zero-order valence-electron chi connectivity index (χ0n) is 10.6. The van der Waals surface area contributed by atoms with Crippen molar-refractivity contribution in [2.24, 2.45) is 0 Å². The third-order valence-corrected chi connectivity index (χ3v) is 3.33. The summed E-state index contributed by atoms with van der Waals surface area (Å²) in [7, 11) is 1.49. The molecule has 0 fully saturated rings. The van der Waals surface area contributed by atoms with Crippen molar-refractivity contribution in [3.8, 4) is 0 Å². The van der Waals surface area contributed by atoms with Crippen molar-refractivity contribution >= 4 is 27.8 Å². The molecular weight excluding hydrogens is 314 g/mol. The number of ether oxygens (including phenoxy) is 1. The summed E-state index contributed by atoms with van der Waals surface area (Å²) >= 11 is 3.35. The number of rotatable bonds is 7. The van der Waals surface area contributed by atoms with Gasteiger partial charge >= 0.3 is 5.97 Å². The van der Waals surface area contributed by atoms with Gasteiger partial charge in [0.15, 0.2) is 0 Å². The average Bonchev–Trinajstić information content (AvgIpc) is 2.37. The highest BCUT2D eigenvalue weighted by Gasteiger charge is 2.19. The summed E-state index contributed by atoms with van der Waals surface area (Å²) in [5, 5.41) is 11.5. The van der Waals surface area contributed by atoms with E-state index in [1.165, 1.54) is 7.11 Å².